The average molecular weight is 424 g/mol. The second-order valence-electron chi connectivity index (χ2n) is 6.82. The number of hydrogen-bond donors (Lipinski definition) is 3. The van der Waals surface area contributed by atoms with Crippen LogP contribution < -0.4 is 15.4 Å². The predicted molar refractivity (Wildman–Crippen MR) is 116 cm³/mol. The van der Waals surface area contributed by atoms with Crippen molar-refractivity contribution < 1.29 is 8.42 Å². The fourth-order valence-corrected chi connectivity index (χ4v) is 5.15. The van der Waals surface area contributed by atoms with Crippen molar-refractivity contribution in [1.82, 2.24) is 20.3 Å². The smallest absolute Gasteiger partial charge is 0.216 e. The summed E-state index contributed by atoms with van der Waals surface area (Å²) in [4.78, 5) is 9.85. The fourth-order valence-electron chi connectivity index (χ4n) is 2.78. The molecule has 0 bridgehead atoms. The van der Waals surface area contributed by atoms with Crippen molar-refractivity contribution in [3.05, 3.63) is 51.0 Å². The van der Waals surface area contributed by atoms with Crippen LogP contribution in [-0.2, 0) is 28.9 Å². The third kappa shape index (κ3) is 6.88. The van der Waals surface area contributed by atoms with Gasteiger partial charge in [-0.1, -0.05) is 24.3 Å². The molecule has 9 heteroatoms. The minimum atomic E-state index is -3.38. The molecule has 0 aliphatic rings. The highest BCUT2D eigenvalue weighted by molar-refractivity contribution is 7.88. The van der Waals surface area contributed by atoms with Gasteiger partial charge in [0.15, 0.2) is 5.96 Å². The van der Waals surface area contributed by atoms with Crippen molar-refractivity contribution >= 4 is 27.3 Å². The Balaban J connectivity index is 2.00. The maximum atomic E-state index is 12.3. The summed E-state index contributed by atoms with van der Waals surface area (Å²) in [6.07, 6.45) is 0. The van der Waals surface area contributed by atoms with Crippen LogP contribution in [-0.4, -0.2) is 32.5 Å². The maximum absolute atomic E-state index is 12.3. The largest absolute Gasteiger partial charge is 0.352 e. The van der Waals surface area contributed by atoms with Crippen molar-refractivity contribution in [2.24, 2.45) is 4.99 Å². The van der Waals surface area contributed by atoms with Crippen LogP contribution in [0.5, 0.6) is 0 Å². The van der Waals surface area contributed by atoms with Crippen molar-refractivity contribution in [2.45, 2.75) is 52.6 Å². The molecule has 0 aliphatic heterocycles. The van der Waals surface area contributed by atoms with E-state index in [1.807, 2.05) is 52.0 Å². The lowest BCUT2D eigenvalue weighted by molar-refractivity contribution is 0.568. The first-order valence-corrected chi connectivity index (χ1v) is 11.6. The first-order valence-electron chi connectivity index (χ1n) is 9.14. The number of aryl methyl sites for hydroxylation is 2. The molecule has 2 rings (SSSR count). The van der Waals surface area contributed by atoms with Gasteiger partial charge in [-0.2, -0.15) is 0 Å². The molecule has 0 radical (unpaired) electrons. The highest BCUT2D eigenvalue weighted by Crippen LogP contribution is 2.16. The van der Waals surface area contributed by atoms with Gasteiger partial charge in [-0.05, 0) is 38.8 Å². The van der Waals surface area contributed by atoms with Crippen LogP contribution >= 0.6 is 11.3 Å². The number of sulfonamides is 1. The van der Waals surface area contributed by atoms with E-state index in [0.29, 0.717) is 19.0 Å². The quantitative estimate of drug-likeness (QED) is 0.448. The van der Waals surface area contributed by atoms with E-state index in [4.69, 9.17) is 0 Å². The van der Waals surface area contributed by atoms with Gasteiger partial charge < -0.3 is 10.6 Å². The first-order chi connectivity index (χ1) is 13.2. The third-order valence-electron chi connectivity index (χ3n) is 3.97. The molecule has 1 heterocycles. The zero-order valence-electron chi connectivity index (χ0n) is 17.0. The molecule has 0 saturated heterocycles. The molecule has 2 aromatic rings. The number of nitrogens with zero attached hydrogens (tertiary/aromatic N) is 2. The van der Waals surface area contributed by atoms with Crippen LogP contribution in [0.1, 0.15) is 40.6 Å². The Morgan fingerprint density at radius 2 is 1.79 bits per heavy atom. The van der Waals surface area contributed by atoms with Crippen molar-refractivity contribution in [2.75, 3.05) is 7.05 Å². The van der Waals surface area contributed by atoms with Crippen LogP contribution in [0, 0.1) is 13.8 Å². The molecule has 28 heavy (non-hydrogen) atoms. The number of aliphatic imine (C=N–C) groups is 1. The monoisotopic (exact) mass is 423 g/mol. The summed E-state index contributed by atoms with van der Waals surface area (Å²) in [6, 6.07) is 7.40. The minimum absolute atomic E-state index is 0.0472. The molecule has 0 amide bonds. The molecule has 1 aromatic heterocycles. The molecule has 0 saturated carbocycles. The van der Waals surface area contributed by atoms with E-state index >= 15 is 0 Å². The summed E-state index contributed by atoms with van der Waals surface area (Å²) in [7, 11) is -1.67. The lowest BCUT2D eigenvalue weighted by Gasteiger charge is -2.15. The van der Waals surface area contributed by atoms with E-state index in [1.165, 1.54) is 4.88 Å². The van der Waals surface area contributed by atoms with Crippen LogP contribution in [0.3, 0.4) is 0 Å². The van der Waals surface area contributed by atoms with Gasteiger partial charge >= 0.3 is 0 Å². The van der Waals surface area contributed by atoms with Gasteiger partial charge in [-0.15, -0.1) is 11.3 Å². The van der Waals surface area contributed by atoms with Crippen LogP contribution in [0.4, 0.5) is 0 Å². The number of rotatable bonds is 8. The SMILES string of the molecule is CN=C(NCc1ccccc1CS(=O)(=O)NC(C)C)NCc1sc(C)nc1C. The van der Waals surface area contributed by atoms with Gasteiger partial charge in [0.1, 0.15) is 0 Å². The Morgan fingerprint density at radius 1 is 1.14 bits per heavy atom. The van der Waals surface area contributed by atoms with E-state index in [2.05, 4.69) is 25.3 Å². The third-order valence-corrected chi connectivity index (χ3v) is 6.56. The van der Waals surface area contributed by atoms with Gasteiger partial charge in [0, 0.05) is 24.5 Å². The molecular formula is C19H29N5O2S2. The van der Waals surface area contributed by atoms with E-state index in [-0.39, 0.29) is 11.8 Å². The highest BCUT2D eigenvalue weighted by Gasteiger charge is 2.15. The first kappa shape index (κ1) is 22.3. The molecule has 1 aromatic carbocycles. The van der Waals surface area contributed by atoms with Crippen LogP contribution in [0.25, 0.3) is 0 Å². The van der Waals surface area contributed by atoms with Crippen molar-refractivity contribution in [3.8, 4) is 0 Å². The molecular weight excluding hydrogens is 394 g/mol. The van der Waals surface area contributed by atoms with Gasteiger partial charge in [-0.25, -0.2) is 18.1 Å². The van der Waals surface area contributed by atoms with Crippen molar-refractivity contribution in [1.29, 1.82) is 0 Å². The summed E-state index contributed by atoms with van der Waals surface area (Å²) >= 11 is 1.66. The van der Waals surface area contributed by atoms with E-state index in [9.17, 15) is 8.42 Å². The highest BCUT2D eigenvalue weighted by atomic mass is 32.2. The normalized spacial score (nSPS) is 12.4. The fraction of sp³-hybridized carbons (Fsp3) is 0.474. The number of hydrogen-bond acceptors (Lipinski definition) is 5. The molecule has 0 atom stereocenters. The summed E-state index contributed by atoms with van der Waals surface area (Å²) in [5.74, 6) is 0.609. The second-order valence-corrected chi connectivity index (χ2v) is 9.86. The number of aromatic nitrogens is 1. The Bertz CT molecular complexity index is 920. The van der Waals surface area contributed by atoms with E-state index < -0.39 is 10.0 Å². The topological polar surface area (TPSA) is 95.5 Å². The van der Waals surface area contributed by atoms with Gasteiger partial charge in [0.25, 0.3) is 0 Å². The molecule has 3 N–H and O–H groups in total. The van der Waals surface area contributed by atoms with Crippen LogP contribution in [0.15, 0.2) is 29.3 Å². The van der Waals surface area contributed by atoms with Crippen LogP contribution in [0.2, 0.25) is 0 Å². The zero-order chi connectivity index (χ0) is 20.7. The van der Waals surface area contributed by atoms with E-state index in [1.54, 1.807) is 18.4 Å². The van der Waals surface area contributed by atoms with Gasteiger partial charge in [0.05, 0.1) is 23.0 Å². The number of nitrogens with one attached hydrogen (secondary N) is 3. The summed E-state index contributed by atoms with van der Waals surface area (Å²) in [6.45, 7) is 8.74. The maximum Gasteiger partial charge on any atom is 0.216 e. The van der Waals surface area contributed by atoms with Gasteiger partial charge in [-0.3, -0.25) is 4.99 Å². The summed E-state index contributed by atoms with van der Waals surface area (Å²) < 4.78 is 27.2. The Morgan fingerprint density at radius 3 is 2.36 bits per heavy atom. The van der Waals surface area contributed by atoms with Gasteiger partial charge in [0.2, 0.25) is 10.0 Å². The molecule has 0 spiro atoms. The minimum Gasteiger partial charge on any atom is -0.352 e. The number of thiazole rings is 1. The Labute approximate surface area is 171 Å². The van der Waals surface area contributed by atoms with Crippen molar-refractivity contribution in [3.63, 3.8) is 0 Å². The molecule has 154 valence electrons. The number of benzene rings is 1. The number of guanidine groups is 1. The summed E-state index contributed by atoms with van der Waals surface area (Å²) in [5.41, 5.74) is 2.72. The average Bonchev–Trinajstić information content (AvgIpc) is 2.92. The summed E-state index contributed by atoms with van der Waals surface area (Å²) in [5, 5.41) is 7.58. The molecule has 7 nitrogen and oxygen atoms in total. The lowest BCUT2D eigenvalue weighted by atomic mass is 10.1. The predicted octanol–water partition coefficient (Wildman–Crippen LogP) is 2.45. The lowest BCUT2D eigenvalue weighted by Crippen LogP contribution is -2.36. The Kier molecular flexibility index (Phi) is 7.97. The Hall–Kier alpha value is -1.97. The molecule has 0 fully saturated rings. The standard InChI is InChI=1S/C19H29N5O2S2/c1-13(2)24-28(25,26)12-17-9-7-6-8-16(17)10-21-19(20-5)22-11-18-14(3)23-15(4)27-18/h6-9,13,24H,10-12H2,1-5H3,(H2,20,21,22). The molecule has 0 unspecified atom stereocenters. The zero-order valence-corrected chi connectivity index (χ0v) is 18.7. The van der Waals surface area contributed by atoms with E-state index in [0.717, 1.165) is 21.8 Å². The second kappa shape index (κ2) is 9.99. The molecule has 0 aliphatic carbocycles.